The molecule has 3 aromatic carbocycles. The molecular formula is C31H38N4O5S. The molecule has 1 heterocycles. The van der Waals surface area contributed by atoms with E-state index in [9.17, 15) is 18.0 Å². The van der Waals surface area contributed by atoms with Gasteiger partial charge in [0, 0.05) is 11.6 Å². The number of carbonyl (C=O) groups is 2. The highest BCUT2D eigenvalue weighted by atomic mass is 32.2. The van der Waals surface area contributed by atoms with Gasteiger partial charge in [-0.25, -0.2) is 8.42 Å². The van der Waals surface area contributed by atoms with Crippen LogP contribution in [0.25, 0.3) is 0 Å². The lowest BCUT2D eigenvalue weighted by atomic mass is 9.88. The number of amides is 2. The highest BCUT2D eigenvalue weighted by molar-refractivity contribution is 7.92. The van der Waals surface area contributed by atoms with Crippen LogP contribution in [0.1, 0.15) is 50.4 Å². The SMILES string of the molecule is CCC(NC(=O)C(C)(C)NC(=O)c1ccc(S(=O)(=O)Nc2ccccc2Oc2ccccc2)cc1)C1CCNCC1. The van der Waals surface area contributed by atoms with Crippen LogP contribution in [-0.4, -0.2) is 44.9 Å². The number of anilines is 1. The van der Waals surface area contributed by atoms with Crippen molar-refractivity contribution in [1.29, 1.82) is 0 Å². The minimum Gasteiger partial charge on any atom is -0.455 e. The van der Waals surface area contributed by atoms with Crippen molar-refractivity contribution in [2.24, 2.45) is 5.92 Å². The molecule has 4 N–H and O–H groups in total. The molecule has 0 aromatic heterocycles. The Morgan fingerprint density at radius 2 is 1.59 bits per heavy atom. The first kappa shape index (κ1) is 30.1. The van der Waals surface area contributed by atoms with E-state index in [0.717, 1.165) is 32.4 Å². The van der Waals surface area contributed by atoms with Gasteiger partial charge in [0.15, 0.2) is 5.75 Å². The van der Waals surface area contributed by atoms with Crippen molar-refractivity contribution in [2.45, 2.75) is 56.5 Å². The van der Waals surface area contributed by atoms with E-state index in [1.54, 1.807) is 50.2 Å². The first-order valence-electron chi connectivity index (χ1n) is 13.9. The first-order valence-corrected chi connectivity index (χ1v) is 15.4. The van der Waals surface area contributed by atoms with Gasteiger partial charge in [-0.05, 0) is 101 Å². The van der Waals surface area contributed by atoms with E-state index in [1.165, 1.54) is 24.3 Å². The average Bonchev–Trinajstić information content (AvgIpc) is 2.97. The smallest absolute Gasteiger partial charge is 0.262 e. The molecule has 4 rings (SSSR count). The van der Waals surface area contributed by atoms with Gasteiger partial charge in [0.1, 0.15) is 11.3 Å². The molecule has 218 valence electrons. The third-order valence-corrected chi connectivity index (χ3v) is 8.61. The number of sulfonamides is 1. The van der Waals surface area contributed by atoms with Gasteiger partial charge in [0.25, 0.3) is 15.9 Å². The van der Waals surface area contributed by atoms with E-state index < -0.39 is 21.5 Å². The van der Waals surface area contributed by atoms with E-state index >= 15 is 0 Å². The highest BCUT2D eigenvalue weighted by Gasteiger charge is 2.33. The second-order valence-electron chi connectivity index (χ2n) is 10.7. The molecule has 1 aliphatic heterocycles. The molecule has 1 saturated heterocycles. The highest BCUT2D eigenvalue weighted by Crippen LogP contribution is 2.31. The second-order valence-corrected chi connectivity index (χ2v) is 12.4. The van der Waals surface area contributed by atoms with Crippen LogP contribution < -0.4 is 25.4 Å². The Kier molecular flexibility index (Phi) is 9.67. The minimum atomic E-state index is -3.98. The lowest BCUT2D eigenvalue weighted by Crippen LogP contribution is -2.58. The number of piperidine rings is 1. The summed E-state index contributed by atoms with van der Waals surface area (Å²) in [6.45, 7) is 7.25. The first-order chi connectivity index (χ1) is 19.6. The molecule has 0 bridgehead atoms. The largest absolute Gasteiger partial charge is 0.455 e. The van der Waals surface area contributed by atoms with E-state index in [-0.39, 0.29) is 28.1 Å². The van der Waals surface area contributed by atoms with Crippen molar-refractivity contribution >= 4 is 27.5 Å². The van der Waals surface area contributed by atoms with E-state index in [2.05, 4.69) is 27.6 Å². The third-order valence-electron chi connectivity index (χ3n) is 7.23. The number of rotatable bonds is 11. The Hall–Kier alpha value is -3.89. The molecule has 10 heteroatoms. The van der Waals surface area contributed by atoms with Gasteiger partial charge in [0.05, 0.1) is 10.6 Å². The van der Waals surface area contributed by atoms with Gasteiger partial charge in [-0.1, -0.05) is 37.3 Å². The Morgan fingerprint density at radius 3 is 2.24 bits per heavy atom. The summed E-state index contributed by atoms with van der Waals surface area (Å²) in [4.78, 5) is 26.1. The Bertz CT molecular complexity index is 1440. The van der Waals surface area contributed by atoms with Crippen molar-refractivity contribution < 1.29 is 22.7 Å². The van der Waals surface area contributed by atoms with Crippen LogP contribution >= 0.6 is 0 Å². The van der Waals surface area contributed by atoms with Gasteiger partial charge in [-0.3, -0.25) is 14.3 Å². The quantitative estimate of drug-likeness (QED) is 0.262. The van der Waals surface area contributed by atoms with E-state index in [4.69, 9.17) is 4.74 Å². The molecule has 9 nitrogen and oxygen atoms in total. The molecule has 2 amide bonds. The molecule has 0 radical (unpaired) electrons. The van der Waals surface area contributed by atoms with Gasteiger partial charge in [-0.2, -0.15) is 0 Å². The topological polar surface area (TPSA) is 126 Å². The maximum absolute atomic E-state index is 13.1. The number of benzene rings is 3. The predicted octanol–water partition coefficient (Wildman–Crippen LogP) is 4.68. The molecule has 1 unspecified atom stereocenters. The fourth-order valence-corrected chi connectivity index (χ4v) is 5.88. The molecule has 1 aliphatic rings. The summed E-state index contributed by atoms with van der Waals surface area (Å²) >= 11 is 0. The zero-order valence-corrected chi connectivity index (χ0v) is 24.5. The maximum atomic E-state index is 13.1. The standard InChI is InChI=1S/C31H38N4O5S/c1-4-26(22-18-20-32-21-19-22)33-30(37)31(2,3)34-29(36)23-14-16-25(17-15-23)41(38,39)35-27-12-8-9-13-28(27)40-24-10-6-5-7-11-24/h5-17,22,26,32,35H,4,18-21H2,1-3H3,(H,33,37)(H,34,36). The molecule has 0 aliphatic carbocycles. The van der Waals surface area contributed by atoms with Crippen LogP contribution in [0.3, 0.4) is 0 Å². The number of hydrogen-bond acceptors (Lipinski definition) is 6. The lowest BCUT2D eigenvalue weighted by molar-refractivity contribution is -0.127. The van der Waals surface area contributed by atoms with Gasteiger partial charge < -0.3 is 20.7 Å². The monoisotopic (exact) mass is 578 g/mol. The normalized spacial score (nSPS) is 15.0. The summed E-state index contributed by atoms with van der Waals surface area (Å²) in [5, 5.41) is 9.26. The number of carbonyl (C=O) groups excluding carboxylic acids is 2. The molecule has 0 saturated carbocycles. The van der Waals surface area contributed by atoms with Crippen LogP contribution in [-0.2, 0) is 14.8 Å². The van der Waals surface area contributed by atoms with Gasteiger partial charge in [-0.15, -0.1) is 0 Å². The predicted molar refractivity (Wildman–Crippen MR) is 160 cm³/mol. The molecule has 3 aromatic rings. The minimum absolute atomic E-state index is 0.0201. The summed E-state index contributed by atoms with van der Waals surface area (Å²) < 4.78 is 34.7. The van der Waals surface area contributed by atoms with Crippen LogP contribution in [0.2, 0.25) is 0 Å². The summed E-state index contributed by atoms with van der Waals surface area (Å²) in [7, 11) is -3.98. The lowest BCUT2D eigenvalue weighted by Gasteiger charge is -2.34. The third kappa shape index (κ3) is 7.86. The number of nitrogens with one attached hydrogen (secondary N) is 4. The Balaban J connectivity index is 1.40. The van der Waals surface area contributed by atoms with Crippen molar-refractivity contribution in [3.8, 4) is 11.5 Å². The number of hydrogen-bond donors (Lipinski definition) is 4. The summed E-state index contributed by atoms with van der Waals surface area (Å²) in [5.74, 6) is 0.595. The van der Waals surface area contributed by atoms with Crippen molar-refractivity contribution in [3.63, 3.8) is 0 Å². The number of ether oxygens (including phenoxy) is 1. The Labute approximate surface area is 242 Å². The van der Waals surface area contributed by atoms with Crippen LogP contribution in [0, 0.1) is 5.92 Å². The van der Waals surface area contributed by atoms with Gasteiger partial charge in [0.2, 0.25) is 5.91 Å². The fraction of sp³-hybridized carbons (Fsp3) is 0.355. The van der Waals surface area contributed by atoms with Gasteiger partial charge >= 0.3 is 0 Å². The van der Waals surface area contributed by atoms with E-state index in [0.29, 0.717) is 17.4 Å². The summed E-state index contributed by atoms with van der Waals surface area (Å²) in [6.07, 6.45) is 2.82. The zero-order valence-electron chi connectivity index (χ0n) is 23.6. The van der Waals surface area contributed by atoms with E-state index in [1.807, 2.05) is 18.2 Å². The fourth-order valence-electron chi connectivity index (χ4n) is 4.81. The van der Waals surface area contributed by atoms with Crippen LogP contribution in [0.15, 0.2) is 83.8 Å². The molecular weight excluding hydrogens is 540 g/mol. The van der Waals surface area contributed by atoms with Crippen LogP contribution in [0.5, 0.6) is 11.5 Å². The van der Waals surface area contributed by atoms with Crippen molar-refractivity contribution in [3.05, 3.63) is 84.4 Å². The van der Waals surface area contributed by atoms with Crippen LogP contribution in [0.4, 0.5) is 5.69 Å². The molecule has 1 atom stereocenters. The average molecular weight is 579 g/mol. The number of para-hydroxylation sites is 3. The maximum Gasteiger partial charge on any atom is 0.262 e. The summed E-state index contributed by atoms with van der Waals surface area (Å²) in [5.41, 5.74) is -0.643. The summed E-state index contributed by atoms with van der Waals surface area (Å²) in [6, 6.07) is 21.4. The van der Waals surface area contributed by atoms with Crippen molar-refractivity contribution in [2.75, 3.05) is 17.8 Å². The van der Waals surface area contributed by atoms with Crippen molar-refractivity contribution in [1.82, 2.24) is 16.0 Å². The molecule has 41 heavy (non-hydrogen) atoms. The molecule has 1 fully saturated rings. The zero-order chi connectivity index (χ0) is 29.5. The second kappa shape index (κ2) is 13.2. The Morgan fingerprint density at radius 1 is 0.951 bits per heavy atom. The molecule has 0 spiro atoms.